The number of nitrogens with zero attached hydrogens (tertiary/aromatic N) is 2. The minimum Gasteiger partial charge on any atom is -0.338 e. The number of rotatable bonds is 4. The SMILES string of the molecule is O=C(c1ccc(C(F)(F)F)nc1)N1CCC(NS(=O)(=O)c2ccccc2)CC1. The van der Waals surface area contributed by atoms with Crippen LogP contribution in [0.3, 0.4) is 0 Å². The standard InChI is InChI=1S/C18H18F3N3O3S/c19-18(20,21)16-7-6-13(12-22-16)17(25)24-10-8-14(9-11-24)23-28(26,27)15-4-2-1-3-5-15/h1-7,12,14,23H,8-11H2. The molecular formula is C18H18F3N3O3S. The van der Waals surface area contributed by atoms with Gasteiger partial charge in [-0.05, 0) is 37.1 Å². The number of amides is 1. The Balaban J connectivity index is 1.58. The first-order chi connectivity index (χ1) is 13.2. The van der Waals surface area contributed by atoms with E-state index in [1.807, 2.05) is 0 Å². The lowest BCUT2D eigenvalue weighted by atomic mass is 10.1. The Morgan fingerprint density at radius 2 is 1.71 bits per heavy atom. The summed E-state index contributed by atoms with van der Waals surface area (Å²) in [6.45, 7) is 0.587. The van der Waals surface area contributed by atoms with E-state index in [1.54, 1.807) is 18.2 Å². The van der Waals surface area contributed by atoms with Crippen LogP contribution in [-0.4, -0.2) is 43.3 Å². The molecule has 1 aromatic heterocycles. The Kier molecular flexibility index (Phi) is 5.71. The Bertz CT molecular complexity index is 924. The zero-order valence-electron chi connectivity index (χ0n) is 14.7. The van der Waals surface area contributed by atoms with E-state index in [9.17, 15) is 26.4 Å². The van der Waals surface area contributed by atoms with E-state index in [2.05, 4.69) is 9.71 Å². The molecule has 1 aliphatic heterocycles. The van der Waals surface area contributed by atoms with Gasteiger partial charge in [0, 0.05) is 25.3 Å². The fraction of sp³-hybridized carbons (Fsp3) is 0.333. The molecule has 0 unspecified atom stereocenters. The second kappa shape index (κ2) is 7.88. The highest BCUT2D eigenvalue weighted by atomic mass is 32.2. The van der Waals surface area contributed by atoms with Crippen molar-refractivity contribution in [2.75, 3.05) is 13.1 Å². The molecule has 1 N–H and O–H groups in total. The molecular weight excluding hydrogens is 395 g/mol. The first-order valence-electron chi connectivity index (χ1n) is 8.57. The van der Waals surface area contributed by atoms with Crippen molar-refractivity contribution in [2.24, 2.45) is 0 Å². The maximum atomic E-state index is 12.6. The van der Waals surface area contributed by atoms with E-state index >= 15 is 0 Å². The van der Waals surface area contributed by atoms with Crippen molar-refractivity contribution in [3.63, 3.8) is 0 Å². The van der Waals surface area contributed by atoms with Gasteiger partial charge in [-0.2, -0.15) is 13.2 Å². The van der Waals surface area contributed by atoms with Crippen molar-refractivity contribution in [3.05, 3.63) is 59.9 Å². The molecule has 0 spiro atoms. The van der Waals surface area contributed by atoms with Crippen LogP contribution in [0.5, 0.6) is 0 Å². The number of halogens is 3. The van der Waals surface area contributed by atoms with Gasteiger partial charge in [0.05, 0.1) is 10.5 Å². The van der Waals surface area contributed by atoms with Crippen molar-refractivity contribution in [2.45, 2.75) is 30.0 Å². The van der Waals surface area contributed by atoms with Crippen LogP contribution in [0.25, 0.3) is 0 Å². The molecule has 1 aromatic carbocycles. The number of piperidine rings is 1. The van der Waals surface area contributed by atoms with Gasteiger partial charge in [0.2, 0.25) is 10.0 Å². The van der Waals surface area contributed by atoms with Crippen LogP contribution >= 0.6 is 0 Å². The van der Waals surface area contributed by atoms with Gasteiger partial charge >= 0.3 is 6.18 Å². The van der Waals surface area contributed by atoms with Gasteiger partial charge in [-0.3, -0.25) is 9.78 Å². The fourth-order valence-corrected chi connectivity index (χ4v) is 4.28. The third kappa shape index (κ3) is 4.68. The van der Waals surface area contributed by atoms with Crippen molar-refractivity contribution in [1.82, 2.24) is 14.6 Å². The zero-order chi connectivity index (χ0) is 20.4. The van der Waals surface area contributed by atoms with E-state index in [0.29, 0.717) is 25.9 Å². The summed E-state index contributed by atoms with van der Waals surface area (Å²) in [7, 11) is -3.64. The molecule has 0 bridgehead atoms. The van der Waals surface area contributed by atoms with Gasteiger partial charge in [-0.25, -0.2) is 13.1 Å². The third-order valence-corrected chi connectivity index (χ3v) is 5.99. The lowest BCUT2D eigenvalue weighted by Gasteiger charge is -2.32. The molecule has 0 aliphatic carbocycles. The molecule has 28 heavy (non-hydrogen) atoms. The summed E-state index contributed by atoms with van der Waals surface area (Å²) in [6.07, 6.45) is -2.83. The molecule has 0 atom stereocenters. The number of aromatic nitrogens is 1. The highest BCUT2D eigenvalue weighted by molar-refractivity contribution is 7.89. The quantitative estimate of drug-likeness (QED) is 0.836. The number of likely N-dealkylation sites (tertiary alicyclic amines) is 1. The summed E-state index contributed by atoms with van der Waals surface area (Å²) in [5, 5.41) is 0. The number of carbonyl (C=O) groups is 1. The number of pyridine rings is 1. The topological polar surface area (TPSA) is 79.4 Å². The number of benzene rings is 1. The second-order valence-corrected chi connectivity index (χ2v) is 8.14. The largest absolute Gasteiger partial charge is 0.433 e. The van der Waals surface area contributed by atoms with Crippen LogP contribution < -0.4 is 4.72 Å². The number of sulfonamides is 1. The van der Waals surface area contributed by atoms with Crippen molar-refractivity contribution < 1.29 is 26.4 Å². The molecule has 2 heterocycles. The minimum absolute atomic E-state index is 0.0660. The molecule has 10 heteroatoms. The predicted octanol–water partition coefficient (Wildman–Crippen LogP) is 2.68. The van der Waals surface area contributed by atoms with Crippen molar-refractivity contribution >= 4 is 15.9 Å². The van der Waals surface area contributed by atoms with Gasteiger partial charge in [0.25, 0.3) is 5.91 Å². The highest BCUT2D eigenvalue weighted by Gasteiger charge is 2.33. The monoisotopic (exact) mass is 413 g/mol. The number of alkyl halides is 3. The molecule has 1 amide bonds. The second-order valence-electron chi connectivity index (χ2n) is 6.43. The van der Waals surface area contributed by atoms with Crippen molar-refractivity contribution in [1.29, 1.82) is 0 Å². The smallest absolute Gasteiger partial charge is 0.338 e. The Hall–Kier alpha value is -2.46. The first-order valence-corrected chi connectivity index (χ1v) is 10.0. The first kappa shape index (κ1) is 20.3. The zero-order valence-corrected chi connectivity index (χ0v) is 15.5. The van der Waals surface area contributed by atoms with Gasteiger partial charge < -0.3 is 4.90 Å². The summed E-state index contributed by atoms with van der Waals surface area (Å²) in [5.41, 5.74) is -0.991. The Morgan fingerprint density at radius 3 is 2.25 bits per heavy atom. The van der Waals surface area contributed by atoms with Crippen LogP contribution in [0.4, 0.5) is 13.2 Å². The maximum absolute atomic E-state index is 12.6. The average molecular weight is 413 g/mol. The molecule has 150 valence electrons. The number of hydrogen-bond donors (Lipinski definition) is 1. The number of hydrogen-bond acceptors (Lipinski definition) is 4. The molecule has 1 saturated heterocycles. The third-order valence-electron chi connectivity index (χ3n) is 4.46. The molecule has 0 radical (unpaired) electrons. The van der Waals surface area contributed by atoms with Gasteiger partial charge in [0.15, 0.2) is 0 Å². The molecule has 0 saturated carbocycles. The Labute approximate surface area is 160 Å². The van der Waals surface area contributed by atoms with Gasteiger partial charge in [-0.15, -0.1) is 0 Å². The predicted molar refractivity (Wildman–Crippen MR) is 94.9 cm³/mol. The highest BCUT2D eigenvalue weighted by Crippen LogP contribution is 2.27. The summed E-state index contributed by atoms with van der Waals surface area (Å²) in [4.78, 5) is 17.4. The van der Waals surface area contributed by atoms with Crippen LogP contribution in [0.2, 0.25) is 0 Å². The molecule has 3 rings (SSSR count). The van der Waals surface area contributed by atoms with E-state index in [4.69, 9.17) is 0 Å². The fourth-order valence-electron chi connectivity index (χ4n) is 2.96. The molecule has 1 fully saturated rings. The lowest BCUT2D eigenvalue weighted by Crippen LogP contribution is -2.46. The van der Waals surface area contributed by atoms with Crippen LogP contribution in [0, 0.1) is 0 Å². The van der Waals surface area contributed by atoms with Gasteiger partial charge in [-0.1, -0.05) is 18.2 Å². The summed E-state index contributed by atoms with van der Waals surface area (Å²) >= 11 is 0. The molecule has 1 aliphatic rings. The van der Waals surface area contributed by atoms with Crippen molar-refractivity contribution in [3.8, 4) is 0 Å². The summed E-state index contributed by atoms with van der Waals surface area (Å²) in [5.74, 6) is -0.425. The molecule has 2 aromatic rings. The van der Waals surface area contributed by atoms with E-state index in [0.717, 1.165) is 18.3 Å². The number of nitrogens with one attached hydrogen (secondary N) is 1. The average Bonchev–Trinajstić information content (AvgIpc) is 2.68. The maximum Gasteiger partial charge on any atom is 0.433 e. The molecule has 6 nitrogen and oxygen atoms in total. The summed E-state index contributed by atoms with van der Waals surface area (Å²) in [6, 6.07) is 9.54. The van der Waals surface area contributed by atoms with Crippen LogP contribution in [0.1, 0.15) is 28.9 Å². The van der Waals surface area contributed by atoms with Crippen LogP contribution in [0.15, 0.2) is 53.6 Å². The van der Waals surface area contributed by atoms with E-state index < -0.39 is 27.8 Å². The van der Waals surface area contributed by atoms with Crippen LogP contribution in [-0.2, 0) is 16.2 Å². The Morgan fingerprint density at radius 1 is 1.07 bits per heavy atom. The lowest BCUT2D eigenvalue weighted by molar-refractivity contribution is -0.141. The number of carbonyl (C=O) groups excluding carboxylic acids is 1. The normalized spacial score (nSPS) is 16.2. The summed E-state index contributed by atoms with van der Waals surface area (Å²) < 4.78 is 65.0. The minimum atomic E-state index is -4.56. The van der Waals surface area contributed by atoms with E-state index in [1.165, 1.54) is 17.0 Å². The van der Waals surface area contributed by atoms with E-state index in [-0.39, 0.29) is 16.5 Å². The van der Waals surface area contributed by atoms with Gasteiger partial charge in [0.1, 0.15) is 5.69 Å².